The third-order valence-corrected chi connectivity index (χ3v) is 5.41. The van der Waals surface area contributed by atoms with Gasteiger partial charge in [-0.1, -0.05) is 12.1 Å². The Hall–Kier alpha value is -4.40. The highest BCUT2D eigenvalue weighted by Crippen LogP contribution is 2.26. The molecule has 0 saturated heterocycles. The first-order valence-corrected chi connectivity index (χ1v) is 10.4. The molecule has 0 fully saturated rings. The van der Waals surface area contributed by atoms with Gasteiger partial charge in [0.05, 0.1) is 36.6 Å². The average molecular weight is 462 g/mol. The van der Waals surface area contributed by atoms with Gasteiger partial charge >= 0.3 is 5.97 Å². The number of carbonyl (C=O) groups excluding carboxylic acids is 4. The van der Waals surface area contributed by atoms with Gasteiger partial charge in [-0.05, 0) is 48.0 Å². The van der Waals surface area contributed by atoms with Crippen LogP contribution in [0.25, 0.3) is 0 Å². The quantitative estimate of drug-likeness (QED) is 0.374. The van der Waals surface area contributed by atoms with Crippen molar-refractivity contribution < 1.29 is 33.1 Å². The molecule has 0 spiro atoms. The predicted octanol–water partition coefficient (Wildman–Crippen LogP) is 2.90. The van der Waals surface area contributed by atoms with E-state index in [1.807, 2.05) is 18.2 Å². The Bertz CT molecular complexity index is 1250. The van der Waals surface area contributed by atoms with E-state index in [1.165, 1.54) is 29.4 Å². The van der Waals surface area contributed by atoms with E-state index < -0.39 is 30.3 Å². The minimum Gasteiger partial charge on any atom is -0.497 e. The Morgan fingerprint density at radius 2 is 1.79 bits per heavy atom. The van der Waals surface area contributed by atoms with E-state index >= 15 is 0 Å². The van der Waals surface area contributed by atoms with Gasteiger partial charge < -0.3 is 18.8 Å². The normalized spacial score (nSPS) is 12.5. The van der Waals surface area contributed by atoms with Crippen LogP contribution >= 0.6 is 0 Å². The number of amides is 3. The summed E-state index contributed by atoms with van der Waals surface area (Å²) < 4.78 is 15.5. The fourth-order valence-corrected chi connectivity index (χ4v) is 3.57. The van der Waals surface area contributed by atoms with Crippen LogP contribution in [-0.2, 0) is 22.6 Å². The second-order valence-electron chi connectivity index (χ2n) is 7.71. The van der Waals surface area contributed by atoms with Crippen LogP contribution in [0.2, 0.25) is 0 Å². The lowest BCUT2D eigenvalue weighted by atomic mass is 10.1. The zero-order chi connectivity index (χ0) is 24.2. The van der Waals surface area contributed by atoms with E-state index in [9.17, 15) is 19.2 Å². The first kappa shape index (κ1) is 22.8. The molecule has 9 nitrogen and oxygen atoms in total. The fourth-order valence-electron chi connectivity index (χ4n) is 3.57. The van der Waals surface area contributed by atoms with Gasteiger partial charge in [-0.25, -0.2) is 4.79 Å². The summed E-state index contributed by atoms with van der Waals surface area (Å²) in [7, 11) is 3.16. The average Bonchev–Trinajstić information content (AvgIpc) is 3.45. The number of carbonyl (C=O) groups is 4. The molecule has 3 amide bonds. The molecule has 174 valence electrons. The van der Waals surface area contributed by atoms with Crippen LogP contribution in [0.3, 0.4) is 0 Å². The van der Waals surface area contributed by atoms with Crippen LogP contribution in [0.1, 0.15) is 42.4 Å². The highest BCUT2D eigenvalue weighted by Gasteiger charge is 2.36. The molecule has 0 radical (unpaired) electrons. The summed E-state index contributed by atoms with van der Waals surface area (Å²) in [4.78, 5) is 52.7. The molecule has 2 heterocycles. The van der Waals surface area contributed by atoms with Gasteiger partial charge in [-0.2, -0.15) is 0 Å². The molecular weight excluding hydrogens is 440 g/mol. The summed E-state index contributed by atoms with van der Waals surface area (Å²) in [5, 5.41) is 0. The zero-order valence-corrected chi connectivity index (χ0v) is 18.6. The van der Waals surface area contributed by atoms with Crippen LogP contribution in [-0.4, -0.2) is 54.3 Å². The van der Waals surface area contributed by atoms with Gasteiger partial charge in [0.2, 0.25) is 0 Å². The van der Waals surface area contributed by atoms with Crippen molar-refractivity contribution in [3.05, 3.63) is 88.9 Å². The number of fused-ring (bicyclic) bond motifs is 1. The number of benzene rings is 2. The van der Waals surface area contributed by atoms with Crippen molar-refractivity contribution in [2.24, 2.45) is 0 Å². The number of hydrogen-bond donors (Lipinski definition) is 0. The smallest absolute Gasteiger partial charge is 0.338 e. The van der Waals surface area contributed by atoms with Gasteiger partial charge in [0.25, 0.3) is 17.7 Å². The molecule has 0 saturated carbocycles. The minimum absolute atomic E-state index is 0.00669. The molecule has 4 rings (SSSR count). The highest BCUT2D eigenvalue weighted by molar-refractivity contribution is 6.21. The van der Waals surface area contributed by atoms with E-state index in [0.29, 0.717) is 18.1 Å². The minimum atomic E-state index is -0.768. The molecule has 1 aliphatic rings. The number of likely N-dealkylation sites (N-methyl/N-ethyl adjacent to an activating group) is 1. The molecule has 34 heavy (non-hydrogen) atoms. The topological polar surface area (TPSA) is 106 Å². The summed E-state index contributed by atoms with van der Waals surface area (Å²) >= 11 is 0. The monoisotopic (exact) mass is 462 g/mol. The number of furan rings is 1. The molecule has 0 atom stereocenters. The van der Waals surface area contributed by atoms with Crippen LogP contribution in [0.5, 0.6) is 5.75 Å². The number of imide groups is 1. The Balaban J connectivity index is 1.37. The van der Waals surface area contributed by atoms with Crippen LogP contribution < -0.4 is 4.74 Å². The Morgan fingerprint density at radius 1 is 1.00 bits per heavy atom. The summed E-state index contributed by atoms with van der Waals surface area (Å²) in [6, 6.07) is 14.7. The van der Waals surface area contributed by atoms with Gasteiger partial charge in [0.1, 0.15) is 11.5 Å². The number of ether oxygens (including phenoxy) is 2. The second-order valence-corrected chi connectivity index (χ2v) is 7.71. The molecule has 0 N–H and O–H groups in total. The summed E-state index contributed by atoms with van der Waals surface area (Å²) in [5.41, 5.74) is 1.24. The molecule has 0 aliphatic carbocycles. The van der Waals surface area contributed by atoms with Crippen molar-refractivity contribution in [2.45, 2.75) is 13.1 Å². The Kier molecular flexibility index (Phi) is 6.44. The molecule has 3 aromatic rings. The molecule has 2 aromatic carbocycles. The van der Waals surface area contributed by atoms with Crippen molar-refractivity contribution in [2.75, 3.05) is 20.8 Å². The first-order valence-electron chi connectivity index (χ1n) is 10.4. The van der Waals surface area contributed by atoms with E-state index in [-0.39, 0.29) is 23.2 Å². The molecule has 0 unspecified atom stereocenters. The Labute approximate surface area is 195 Å². The SMILES string of the molecule is COc1cccc(CN(C)C(=O)COC(=O)c2ccc3c(c2)C(=O)N(Cc2ccco2)C3=O)c1. The second kappa shape index (κ2) is 9.62. The number of hydrogen-bond acceptors (Lipinski definition) is 7. The van der Waals surface area contributed by atoms with Crippen molar-refractivity contribution >= 4 is 23.7 Å². The van der Waals surface area contributed by atoms with Gasteiger partial charge in [0, 0.05) is 13.6 Å². The van der Waals surface area contributed by atoms with Crippen molar-refractivity contribution in [1.29, 1.82) is 0 Å². The maximum atomic E-state index is 12.7. The van der Waals surface area contributed by atoms with Crippen LogP contribution in [0.4, 0.5) is 0 Å². The largest absolute Gasteiger partial charge is 0.497 e. The number of esters is 1. The van der Waals surface area contributed by atoms with Crippen LogP contribution in [0, 0.1) is 0 Å². The molecule has 1 aliphatic heterocycles. The third kappa shape index (κ3) is 4.68. The maximum Gasteiger partial charge on any atom is 0.338 e. The lowest BCUT2D eigenvalue weighted by Crippen LogP contribution is -2.30. The Morgan fingerprint density at radius 3 is 2.53 bits per heavy atom. The third-order valence-electron chi connectivity index (χ3n) is 5.41. The summed E-state index contributed by atoms with van der Waals surface area (Å²) in [5.74, 6) is -1.02. The number of rotatable bonds is 8. The standard InChI is InChI=1S/C25H22N2O7/c1-26(13-16-5-3-6-18(11-16)32-2)22(28)15-34-25(31)17-8-9-20-21(12-17)24(30)27(23(20)29)14-19-7-4-10-33-19/h3-12H,13-15H2,1-2H3. The van der Waals surface area contributed by atoms with Gasteiger partial charge in [-0.3, -0.25) is 19.3 Å². The van der Waals surface area contributed by atoms with E-state index in [4.69, 9.17) is 13.9 Å². The first-order chi connectivity index (χ1) is 16.4. The number of nitrogens with zero attached hydrogens (tertiary/aromatic N) is 2. The van der Waals surface area contributed by atoms with Gasteiger partial charge in [0.15, 0.2) is 6.61 Å². The van der Waals surface area contributed by atoms with Crippen molar-refractivity contribution in [3.63, 3.8) is 0 Å². The fraction of sp³-hybridized carbons (Fsp3) is 0.200. The lowest BCUT2D eigenvalue weighted by molar-refractivity contribution is -0.133. The molecule has 9 heteroatoms. The van der Waals surface area contributed by atoms with E-state index in [2.05, 4.69) is 0 Å². The molecular formula is C25H22N2O7. The maximum absolute atomic E-state index is 12.7. The van der Waals surface area contributed by atoms with Crippen LogP contribution in [0.15, 0.2) is 65.3 Å². The zero-order valence-electron chi connectivity index (χ0n) is 18.6. The molecule has 1 aromatic heterocycles. The summed E-state index contributed by atoms with van der Waals surface area (Å²) in [6.45, 7) is -0.157. The van der Waals surface area contributed by atoms with Crippen molar-refractivity contribution in [3.8, 4) is 5.75 Å². The summed E-state index contributed by atoms with van der Waals surface area (Å²) in [6.07, 6.45) is 1.46. The highest BCUT2D eigenvalue weighted by atomic mass is 16.5. The van der Waals surface area contributed by atoms with E-state index in [0.717, 1.165) is 10.5 Å². The van der Waals surface area contributed by atoms with E-state index in [1.54, 1.807) is 32.4 Å². The lowest BCUT2D eigenvalue weighted by Gasteiger charge is -2.17. The number of methoxy groups -OCH3 is 1. The van der Waals surface area contributed by atoms with Crippen molar-refractivity contribution in [1.82, 2.24) is 9.80 Å². The van der Waals surface area contributed by atoms with Gasteiger partial charge in [-0.15, -0.1) is 0 Å². The predicted molar refractivity (Wildman–Crippen MR) is 119 cm³/mol. The molecule has 0 bridgehead atoms.